The number of nitrogens with two attached hydrogens (primary N) is 1. The highest BCUT2D eigenvalue weighted by atomic mass is 35.5. The Hall–Kier alpha value is -1.50. The zero-order valence-electron chi connectivity index (χ0n) is 8.79. The van der Waals surface area contributed by atoms with E-state index in [0.29, 0.717) is 10.9 Å². The first-order chi connectivity index (χ1) is 8.10. The largest absolute Gasteiger partial charge is 0.417 e. The van der Waals surface area contributed by atoms with Gasteiger partial charge >= 0.3 is 0 Å². The van der Waals surface area contributed by atoms with Crippen LogP contribution in [0.3, 0.4) is 0 Å². The number of hydrogen-bond donors (Lipinski definition) is 3. The first kappa shape index (κ1) is 12.0. The molecule has 8 heteroatoms. The van der Waals surface area contributed by atoms with Crippen molar-refractivity contribution in [2.45, 2.75) is 6.92 Å². The second-order valence-corrected chi connectivity index (χ2v) is 4.06. The quantitative estimate of drug-likeness (QED) is 0.591. The molecule has 17 heavy (non-hydrogen) atoms. The zero-order chi connectivity index (χ0) is 12.4. The molecule has 0 aromatic carbocycles. The fourth-order valence-electron chi connectivity index (χ4n) is 1.17. The summed E-state index contributed by atoms with van der Waals surface area (Å²) < 4.78 is 5.39. The van der Waals surface area contributed by atoms with Gasteiger partial charge in [-0.2, -0.15) is 4.98 Å². The molecular formula is C9H9Cl2N5O. The molecule has 0 amide bonds. The number of aromatic nitrogens is 3. The first-order valence-corrected chi connectivity index (χ1v) is 5.38. The van der Waals surface area contributed by atoms with Gasteiger partial charge < -0.3 is 10.2 Å². The van der Waals surface area contributed by atoms with E-state index in [-0.39, 0.29) is 16.7 Å². The molecule has 0 radical (unpaired) electrons. The van der Waals surface area contributed by atoms with E-state index in [9.17, 15) is 0 Å². The third kappa shape index (κ3) is 2.60. The summed E-state index contributed by atoms with van der Waals surface area (Å²) in [6.45, 7) is 1.85. The summed E-state index contributed by atoms with van der Waals surface area (Å²) in [7, 11) is 0. The van der Waals surface area contributed by atoms with Crippen molar-refractivity contribution < 1.29 is 4.74 Å². The standard InChI is InChI=1S/C9H9Cl2N5O/c1-4-2-7(16-15-4)17-9-6(11)3-5(10)8(13-9)14-12/h2-3H,12H2,1H3,(H,13,14)(H,15,16). The van der Waals surface area contributed by atoms with Gasteiger partial charge in [0.2, 0.25) is 11.8 Å². The number of anilines is 1. The fraction of sp³-hybridized carbons (Fsp3) is 0.111. The smallest absolute Gasteiger partial charge is 0.242 e. The van der Waals surface area contributed by atoms with Crippen molar-refractivity contribution in [1.29, 1.82) is 0 Å². The predicted molar refractivity (Wildman–Crippen MR) is 65.5 cm³/mol. The summed E-state index contributed by atoms with van der Waals surface area (Å²) in [4.78, 5) is 4.02. The van der Waals surface area contributed by atoms with Crippen LogP contribution in [0.1, 0.15) is 5.69 Å². The van der Waals surface area contributed by atoms with E-state index in [1.54, 1.807) is 6.07 Å². The Morgan fingerprint density at radius 2 is 2.12 bits per heavy atom. The van der Waals surface area contributed by atoms with Gasteiger partial charge in [-0.1, -0.05) is 23.2 Å². The van der Waals surface area contributed by atoms with E-state index < -0.39 is 0 Å². The molecule has 2 heterocycles. The normalized spacial score (nSPS) is 10.4. The lowest BCUT2D eigenvalue weighted by molar-refractivity contribution is 0.444. The Labute approximate surface area is 107 Å². The minimum Gasteiger partial charge on any atom is -0.417 e. The Balaban J connectivity index is 2.32. The molecule has 2 aromatic heterocycles. The van der Waals surface area contributed by atoms with Crippen molar-refractivity contribution in [3.05, 3.63) is 27.9 Å². The van der Waals surface area contributed by atoms with Crippen molar-refractivity contribution in [2.75, 3.05) is 5.43 Å². The third-order valence-electron chi connectivity index (χ3n) is 1.92. The van der Waals surface area contributed by atoms with Crippen LogP contribution in [0.15, 0.2) is 12.1 Å². The highest BCUT2D eigenvalue weighted by Gasteiger charge is 2.11. The van der Waals surface area contributed by atoms with E-state index >= 15 is 0 Å². The molecule has 90 valence electrons. The average Bonchev–Trinajstić information content (AvgIpc) is 2.68. The van der Waals surface area contributed by atoms with Gasteiger partial charge in [0.1, 0.15) is 5.02 Å². The molecule has 0 aliphatic rings. The number of aromatic amines is 1. The molecule has 0 spiro atoms. The number of hydrazine groups is 1. The van der Waals surface area contributed by atoms with Gasteiger partial charge in [0, 0.05) is 11.8 Å². The van der Waals surface area contributed by atoms with E-state index in [0.717, 1.165) is 5.69 Å². The van der Waals surface area contributed by atoms with Crippen LogP contribution in [0, 0.1) is 6.92 Å². The minimum absolute atomic E-state index is 0.176. The molecule has 2 aromatic rings. The van der Waals surface area contributed by atoms with E-state index in [1.165, 1.54) is 6.07 Å². The summed E-state index contributed by atoms with van der Waals surface area (Å²) in [6.07, 6.45) is 0. The molecule has 0 unspecified atom stereocenters. The fourth-order valence-corrected chi connectivity index (χ4v) is 1.62. The SMILES string of the molecule is Cc1cc(Oc2nc(NN)c(Cl)cc2Cl)n[nH]1. The maximum Gasteiger partial charge on any atom is 0.242 e. The zero-order valence-corrected chi connectivity index (χ0v) is 10.3. The molecule has 0 saturated carbocycles. The maximum atomic E-state index is 5.94. The number of nitrogen functional groups attached to an aromatic ring is 1. The lowest BCUT2D eigenvalue weighted by Gasteiger charge is -2.07. The van der Waals surface area contributed by atoms with Gasteiger partial charge in [0.25, 0.3) is 0 Å². The van der Waals surface area contributed by atoms with Gasteiger partial charge in [-0.25, -0.2) is 5.84 Å². The highest BCUT2D eigenvalue weighted by Crippen LogP contribution is 2.32. The lowest BCUT2D eigenvalue weighted by Crippen LogP contribution is -2.09. The van der Waals surface area contributed by atoms with E-state index in [1.807, 2.05) is 6.92 Å². The first-order valence-electron chi connectivity index (χ1n) is 4.62. The Morgan fingerprint density at radius 3 is 2.71 bits per heavy atom. The van der Waals surface area contributed by atoms with E-state index in [4.69, 9.17) is 33.8 Å². The van der Waals surface area contributed by atoms with Crippen LogP contribution in [-0.2, 0) is 0 Å². The topological polar surface area (TPSA) is 88.8 Å². The molecule has 0 fully saturated rings. The predicted octanol–water partition coefficient (Wildman–Crippen LogP) is 2.50. The molecule has 0 atom stereocenters. The van der Waals surface area contributed by atoms with Gasteiger partial charge in [0.05, 0.1) is 5.02 Å². The average molecular weight is 274 g/mol. The Bertz CT molecular complexity index is 542. The van der Waals surface area contributed by atoms with Crippen molar-refractivity contribution in [3.8, 4) is 11.8 Å². The summed E-state index contributed by atoms with van der Waals surface area (Å²) in [5.74, 6) is 6.07. The molecule has 0 bridgehead atoms. The molecule has 0 saturated heterocycles. The second kappa shape index (κ2) is 4.79. The maximum absolute atomic E-state index is 5.94. The number of nitrogens with zero attached hydrogens (tertiary/aromatic N) is 2. The summed E-state index contributed by atoms with van der Waals surface area (Å²) in [5.41, 5.74) is 3.21. The second-order valence-electron chi connectivity index (χ2n) is 3.24. The summed E-state index contributed by atoms with van der Waals surface area (Å²) in [5, 5.41) is 7.22. The molecule has 2 rings (SSSR count). The molecular weight excluding hydrogens is 265 g/mol. The van der Waals surface area contributed by atoms with Gasteiger partial charge in [0.15, 0.2) is 5.82 Å². The van der Waals surface area contributed by atoms with Crippen LogP contribution in [0.2, 0.25) is 10.0 Å². The van der Waals surface area contributed by atoms with Crippen LogP contribution in [0.4, 0.5) is 5.82 Å². The monoisotopic (exact) mass is 273 g/mol. The number of H-pyrrole nitrogens is 1. The van der Waals surface area contributed by atoms with E-state index in [2.05, 4.69) is 20.6 Å². The number of nitrogens with one attached hydrogen (secondary N) is 2. The Morgan fingerprint density at radius 1 is 1.35 bits per heavy atom. The summed E-state index contributed by atoms with van der Waals surface area (Å²) in [6, 6.07) is 3.20. The molecule has 6 nitrogen and oxygen atoms in total. The lowest BCUT2D eigenvalue weighted by atomic mass is 10.4. The third-order valence-corrected chi connectivity index (χ3v) is 2.48. The van der Waals surface area contributed by atoms with Gasteiger partial charge in [-0.15, -0.1) is 5.10 Å². The molecule has 4 N–H and O–H groups in total. The van der Waals surface area contributed by atoms with Crippen molar-refractivity contribution >= 4 is 29.0 Å². The van der Waals surface area contributed by atoms with Crippen molar-refractivity contribution in [1.82, 2.24) is 15.2 Å². The Kier molecular flexibility index (Phi) is 3.37. The summed E-state index contributed by atoms with van der Waals surface area (Å²) >= 11 is 11.8. The van der Waals surface area contributed by atoms with Gasteiger partial charge in [-0.05, 0) is 13.0 Å². The number of aryl methyl sites for hydroxylation is 1. The highest BCUT2D eigenvalue weighted by molar-refractivity contribution is 6.36. The van der Waals surface area contributed by atoms with Crippen LogP contribution in [0.5, 0.6) is 11.8 Å². The van der Waals surface area contributed by atoms with Crippen molar-refractivity contribution in [3.63, 3.8) is 0 Å². The number of rotatable bonds is 3. The van der Waals surface area contributed by atoms with Gasteiger partial charge in [-0.3, -0.25) is 5.10 Å². The van der Waals surface area contributed by atoms with Crippen LogP contribution in [-0.4, -0.2) is 15.2 Å². The number of halogens is 2. The van der Waals surface area contributed by atoms with Crippen LogP contribution < -0.4 is 16.0 Å². The number of ether oxygens (including phenoxy) is 1. The molecule has 0 aliphatic carbocycles. The van der Waals surface area contributed by atoms with Crippen LogP contribution >= 0.6 is 23.2 Å². The number of pyridine rings is 1. The number of hydrogen-bond acceptors (Lipinski definition) is 5. The minimum atomic E-state index is 0.176. The van der Waals surface area contributed by atoms with Crippen LogP contribution in [0.25, 0.3) is 0 Å². The molecule has 0 aliphatic heterocycles. The van der Waals surface area contributed by atoms with Crippen molar-refractivity contribution in [2.24, 2.45) is 5.84 Å².